The molecule has 0 spiro atoms. The highest BCUT2D eigenvalue weighted by molar-refractivity contribution is 8.00. The standard InChI is InChI=1S/C15H22N2O3S/c1-11(21-10-9-14(18)20-4)15(19)16-12-5-7-13(8-6-12)17(2)3/h5-8,11H,9-10H2,1-4H3,(H,16,19)/t11-/m1/s1. The molecule has 1 aromatic rings. The van der Waals surface area contributed by atoms with Crippen LogP contribution < -0.4 is 10.2 Å². The van der Waals surface area contributed by atoms with Crippen LogP contribution in [0.25, 0.3) is 0 Å². The molecule has 1 amide bonds. The number of rotatable bonds is 7. The molecule has 0 heterocycles. The van der Waals surface area contributed by atoms with Crippen LogP contribution in [0, 0.1) is 0 Å². The first-order valence-electron chi connectivity index (χ1n) is 6.70. The zero-order valence-corrected chi connectivity index (χ0v) is 13.7. The van der Waals surface area contributed by atoms with Gasteiger partial charge in [-0.05, 0) is 31.2 Å². The van der Waals surface area contributed by atoms with Crippen LogP contribution >= 0.6 is 11.8 Å². The predicted molar refractivity (Wildman–Crippen MR) is 88.0 cm³/mol. The molecule has 0 bridgehead atoms. The molecule has 1 aromatic carbocycles. The lowest BCUT2D eigenvalue weighted by molar-refractivity contribution is -0.140. The number of anilines is 2. The first-order chi connectivity index (χ1) is 9.93. The molecule has 1 N–H and O–H groups in total. The van der Waals surface area contributed by atoms with E-state index in [0.29, 0.717) is 12.2 Å². The van der Waals surface area contributed by atoms with E-state index in [1.165, 1.54) is 18.9 Å². The van der Waals surface area contributed by atoms with E-state index < -0.39 is 0 Å². The number of benzene rings is 1. The van der Waals surface area contributed by atoms with E-state index in [4.69, 9.17) is 0 Å². The fraction of sp³-hybridized carbons (Fsp3) is 0.467. The van der Waals surface area contributed by atoms with Crippen molar-refractivity contribution in [2.75, 3.05) is 37.2 Å². The highest BCUT2D eigenvalue weighted by Crippen LogP contribution is 2.18. The van der Waals surface area contributed by atoms with E-state index in [0.717, 1.165) is 11.4 Å². The Kier molecular flexibility index (Phi) is 7.08. The van der Waals surface area contributed by atoms with Crippen LogP contribution in [0.15, 0.2) is 24.3 Å². The summed E-state index contributed by atoms with van der Waals surface area (Å²) in [7, 11) is 5.29. The van der Waals surface area contributed by atoms with Crippen LogP contribution in [-0.2, 0) is 14.3 Å². The summed E-state index contributed by atoms with van der Waals surface area (Å²) in [6.07, 6.45) is 0.316. The molecule has 0 unspecified atom stereocenters. The Balaban J connectivity index is 2.43. The van der Waals surface area contributed by atoms with E-state index in [1.54, 1.807) is 0 Å². The summed E-state index contributed by atoms with van der Waals surface area (Å²) in [6, 6.07) is 7.65. The maximum atomic E-state index is 12.0. The van der Waals surface area contributed by atoms with Crippen molar-refractivity contribution in [3.05, 3.63) is 24.3 Å². The Morgan fingerprint density at radius 2 is 1.90 bits per heavy atom. The van der Waals surface area contributed by atoms with Gasteiger partial charge in [-0.1, -0.05) is 0 Å². The summed E-state index contributed by atoms with van der Waals surface area (Å²) in [6.45, 7) is 1.82. The van der Waals surface area contributed by atoms with Gasteiger partial charge in [0.05, 0.1) is 18.8 Å². The second kappa shape index (κ2) is 8.56. The van der Waals surface area contributed by atoms with Gasteiger partial charge in [0.25, 0.3) is 0 Å². The summed E-state index contributed by atoms with van der Waals surface area (Å²) in [5, 5.41) is 2.65. The van der Waals surface area contributed by atoms with Crippen molar-refractivity contribution in [1.29, 1.82) is 0 Å². The predicted octanol–water partition coefficient (Wildman–Crippen LogP) is 2.38. The average Bonchev–Trinajstić information content (AvgIpc) is 2.47. The van der Waals surface area contributed by atoms with Gasteiger partial charge in [-0.15, -0.1) is 11.8 Å². The number of hydrogen-bond donors (Lipinski definition) is 1. The molecule has 116 valence electrons. The molecule has 0 aliphatic carbocycles. The molecular weight excluding hydrogens is 288 g/mol. The number of carbonyl (C=O) groups excluding carboxylic acids is 2. The lowest BCUT2D eigenvalue weighted by Crippen LogP contribution is -2.23. The Hall–Kier alpha value is -1.69. The van der Waals surface area contributed by atoms with E-state index in [2.05, 4.69) is 10.1 Å². The van der Waals surface area contributed by atoms with Gasteiger partial charge in [0.2, 0.25) is 5.91 Å². The van der Waals surface area contributed by atoms with E-state index in [-0.39, 0.29) is 17.1 Å². The van der Waals surface area contributed by atoms with Crippen molar-refractivity contribution >= 4 is 35.0 Å². The molecule has 1 rings (SSSR count). The third kappa shape index (κ3) is 6.08. The number of nitrogens with one attached hydrogen (secondary N) is 1. The molecule has 0 aliphatic heterocycles. The van der Waals surface area contributed by atoms with Crippen LogP contribution in [0.1, 0.15) is 13.3 Å². The second-order valence-corrected chi connectivity index (χ2v) is 6.22. The summed E-state index contributed by atoms with van der Waals surface area (Å²) in [5.74, 6) is 0.248. The number of nitrogens with zero attached hydrogens (tertiary/aromatic N) is 1. The van der Waals surface area contributed by atoms with Crippen molar-refractivity contribution in [3.63, 3.8) is 0 Å². The van der Waals surface area contributed by atoms with Gasteiger partial charge in [0.15, 0.2) is 0 Å². The van der Waals surface area contributed by atoms with Crippen molar-refractivity contribution in [2.24, 2.45) is 0 Å². The van der Waals surface area contributed by atoms with Gasteiger partial charge in [0, 0.05) is 31.2 Å². The Morgan fingerprint density at radius 1 is 1.29 bits per heavy atom. The van der Waals surface area contributed by atoms with Gasteiger partial charge >= 0.3 is 5.97 Å². The normalized spacial score (nSPS) is 11.6. The van der Waals surface area contributed by atoms with E-state index >= 15 is 0 Å². The summed E-state index contributed by atoms with van der Waals surface area (Å²) in [4.78, 5) is 25.0. The van der Waals surface area contributed by atoms with Gasteiger partial charge in [0.1, 0.15) is 0 Å². The number of methoxy groups -OCH3 is 1. The molecule has 0 radical (unpaired) electrons. The van der Waals surface area contributed by atoms with Crippen LogP contribution in [-0.4, -0.2) is 44.1 Å². The minimum absolute atomic E-state index is 0.0672. The lowest BCUT2D eigenvalue weighted by atomic mass is 10.2. The highest BCUT2D eigenvalue weighted by atomic mass is 32.2. The Morgan fingerprint density at radius 3 is 2.43 bits per heavy atom. The van der Waals surface area contributed by atoms with Gasteiger partial charge in [-0.2, -0.15) is 0 Å². The van der Waals surface area contributed by atoms with Crippen molar-refractivity contribution in [2.45, 2.75) is 18.6 Å². The number of esters is 1. The zero-order chi connectivity index (χ0) is 15.8. The Bertz CT molecular complexity index is 474. The summed E-state index contributed by atoms with van der Waals surface area (Å²) in [5.41, 5.74) is 1.85. The molecule has 6 heteroatoms. The zero-order valence-electron chi connectivity index (χ0n) is 12.9. The average molecular weight is 310 g/mol. The fourth-order valence-electron chi connectivity index (χ4n) is 1.58. The van der Waals surface area contributed by atoms with Gasteiger partial charge in [-0.3, -0.25) is 9.59 Å². The quantitative estimate of drug-likeness (QED) is 0.784. The maximum absolute atomic E-state index is 12.0. The molecule has 0 saturated carbocycles. The first-order valence-corrected chi connectivity index (χ1v) is 7.75. The minimum atomic E-state index is -0.255. The third-order valence-electron chi connectivity index (χ3n) is 2.92. The molecular formula is C15H22N2O3S. The maximum Gasteiger partial charge on any atom is 0.306 e. The van der Waals surface area contributed by atoms with E-state index in [9.17, 15) is 9.59 Å². The molecule has 0 aliphatic rings. The van der Waals surface area contributed by atoms with Gasteiger partial charge < -0.3 is 15.0 Å². The second-order valence-electron chi connectivity index (χ2n) is 4.77. The summed E-state index contributed by atoms with van der Waals surface area (Å²) >= 11 is 1.43. The minimum Gasteiger partial charge on any atom is -0.469 e. The summed E-state index contributed by atoms with van der Waals surface area (Å²) < 4.78 is 4.56. The number of amides is 1. The van der Waals surface area contributed by atoms with Crippen molar-refractivity contribution < 1.29 is 14.3 Å². The lowest BCUT2D eigenvalue weighted by Gasteiger charge is -2.14. The van der Waals surface area contributed by atoms with E-state index in [1.807, 2.05) is 50.2 Å². The molecule has 0 fully saturated rings. The Labute approximate surface area is 130 Å². The molecule has 21 heavy (non-hydrogen) atoms. The SMILES string of the molecule is COC(=O)CCS[C@H](C)C(=O)Nc1ccc(N(C)C)cc1. The van der Waals surface area contributed by atoms with Crippen LogP contribution in [0.5, 0.6) is 0 Å². The topological polar surface area (TPSA) is 58.6 Å². The van der Waals surface area contributed by atoms with Crippen LogP contribution in [0.2, 0.25) is 0 Å². The molecule has 0 aromatic heterocycles. The van der Waals surface area contributed by atoms with Crippen LogP contribution in [0.4, 0.5) is 11.4 Å². The fourth-order valence-corrected chi connectivity index (χ4v) is 2.43. The van der Waals surface area contributed by atoms with Gasteiger partial charge in [-0.25, -0.2) is 0 Å². The monoisotopic (exact) mass is 310 g/mol. The smallest absolute Gasteiger partial charge is 0.306 e. The number of ether oxygens (including phenoxy) is 1. The number of hydrogen-bond acceptors (Lipinski definition) is 5. The number of carbonyl (C=O) groups is 2. The van der Waals surface area contributed by atoms with Crippen molar-refractivity contribution in [3.8, 4) is 0 Å². The first kappa shape index (κ1) is 17.4. The highest BCUT2D eigenvalue weighted by Gasteiger charge is 2.14. The number of thioether (sulfide) groups is 1. The third-order valence-corrected chi connectivity index (χ3v) is 4.08. The van der Waals surface area contributed by atoms with Crippen molar-refractivity contribution in [1.82, 2.24) is 0 Å². The molecule has 1 atom stereocenters. The largest absolute Gasteiger partial charge is 0.469 e. The van der Waals surface area contributed by atoms with Crippen LogP contribution in [0.3, 0.4) is 0 Å². The molecule has 5 nitrogen and oxygen atoms in total. The molecule has 0 saturated heterocycles.